The number of hydrogen-bond acceptors (Lipinski definition) is 3. The highest BCUT2D eigenvalue weighted by Crippen LogP contribution is 2.25. The molecule has 92 valence electrons. The fourth-order valence-electron chi connectivity index (χ4n) is 1.85. The van der Waals surface area contributed by atoms with Crippen LogP contribution < -0.4 is 5.32 Å². The fraction of sp³-hybridized carbons (Fsp3) is 0.385. The molecule has 0 aromatic carbocycles. The van der Waals surface area contributed by atoms with E-state index in [0.29, 0.717) is 6.04 Å². The molecule has 1 N–H and O–H groups in total. The van der Waals surface area contributed by atoms with E-state index >= 15 is 0 Å². The zero-order chi connectivity index (χ0) is 12.1. The molecule has 0 amide bonds. The highest BCUT2D eigenvalue weighted by Gasteiger charge is 2.14. The smallest absolute Gasteiger partial charge is 0.169 e. The number of hydrogen-bond donors (Lipinski definition) is 1. The maximum Gasteiger partial charge on any atom is 0.169 e. The van der Waals surface area contributed by atoms with Gasteiger partial charge in [-0.1, -0.05) is 13.0 Å². The van der Waals surface area contributed by atoms with Crippen molar-refractivity contribution >= 4 is 27.3 Å². The van der Waals surface area contributed by atoms with Crippen molar-refractivity contribution < 1.29 is 4.42 Å². The molecule has 1 unspecified atom stereocenters. The first-order chi connectivity index (χ1) is 8.29. The number of furan rings is 1. The summed E-state index contributed by atoms with van der Waals surface area (Å²) in [6, 6.07) is 8.57. The molecule has 2 aromatic heterocycles. The minimum absolute atomic E-state index is 0.299. The first kappa shape index (κ1) is 12.9. The summed E-state index contributed by atoms with van der Waals surface area (Å²) < 4.78 is 6.42. The molecule has 0 saturated heterocycles. The Morgan fingerprint density at radius 1 is 1.41 bits per heavy atom. The van der Waals surface area contributed by atoms with E-state index < -0.39 is 0 Å². The molecule has 0 aliphatic carbocycles. The maximum absolute atomic E-state index is 5.63. The van der Waals surface area contributed by atoms with Crippen molar-refractivity contribution in [1.29, 1.82) is 0 Å². The Balaban J connectivity index is 1.97. The Kier molecular flexibility index (Phi) is 4.83. The zero-order valence-electron chi connectivity index (χ0n) is 9.78. The van der Waals surface area contributed by atoms with Crippen LogP contribution in [0.5, 0.6) is 0 Å². The molecule has 2 heterocycles. The van der Waals surface area contributed by atoms with Crippen LogP contribution in [-0.4, -0.2) is 6.54 Å². The number of thiophene rings is 1. The summed E-state index contributed by atoms with van der Waals surface area (Å²) in [5, 5.41) is 5.59. The average molecular weight is 314 g/mol. The van der Waals surface area contributed by atoms with E-state index in [4.69, 9.17) is 4.42 Å². The van der Waals surface area contributed by atoms with Gasteiger partial charge in [-0.3, -0.25) is 0 Å². The number of aryl methyl sites for hydroxylation is 1. The molecular weight excluding hydrogens is 298 g/mol. The van der Waals surface area contributed by atoms with Gasteiger partial charge in [-0.2, -0.15) is 0 Å². The summed E-state index contributed by atoms with van der Waals surface area (Å²) in [5.74, 6) is 1.01. The molecule has 4 heteroatoms. The summed E-state index contributed by atoms with van der Waals surface area (Å²) in [6.07, 6.45) is 2.15. The Morgan fingerprint density at radius 3 is 2.88 bits per heavy atom. The SMILES string of the molecule is CCNC(CCc1cccs1)c1ccc(Br)o1. The summed E-state index contributed by atoms with van der Waals surface area (Å²) in [5.41, 5.74) is 0. The predicted molar refractivity (Wildman–Crippen MR) is 75.5 cm³/mol. The molecule has 0 radical (unpaired) electrons. The van der Waals surface area contributed by atoms with Crippen molar-refractivity contribution in [3.05, 3.63) is 45.0 Å². The van der Waals surface area contributed by atoms with Gasteiger partial charge in [-0.25, -0.2) is 0 Å². The van der Waals surface area contributed by atoms with Gasteiger partial charge < -0.3 is 9.73 Å². The zero-order valence-corrected chi connectivity index (χ0v) is 12.2. The lowest BCUT2D eigenvalue weighted by molar-refractivity contribution is 0.392. The summed E-state index contributed by atoms with van der Waals surface area (Å²) in [7, 11) is 0. The Hall–Kier alpha value is -0.580. The number of halogens is 1. The Bertz CT molecular complexity index is 438. The lowest BCUT2D eigenvalue weighted by Gasteiger charge is -2.14. The monoisotopic (exact) mass is 313 g/mol. The molecule has 0 aliphatic rings. The van der Waals surface area contributed by atoms with Gasteiger partial charge in [0.1, 0.15) is 5.76 Å². The topological polar surface area (TPSA) is 25.2 Å². The van der Waals surface area contributed by atoms with E-state index in [1.54, 1.807) is 0 Å². The second kappa shape index (κ2) is 6.38. The Labute approximate surface area is 114 Å². The van der Waals surface area contributed by atoms with Gasteiger partial charge >= 0.3 is 0 Å². The fourth-order valence-corrected chi connectivity index (χ4v) is 2.89. The van der Waals surface area contributed by atoms with Gasteiger partial charge in [0.25, 0.3) is 0 Å². The molecule has 0 bridgehead atoms. The average Bonchev–Trinajstić information content (AvgIpc) is 2.95. The third-order valence-corrected chi connectivity index (χ3v) is 4.01. The van der Waals surface area contributed by atoms with E-state index in [1.165, 1.54) is 4.88 Å². The van der Waals surface area contributed by atoms with Gasteiger partial charge in [0.05, 0.1) is 6.04 Å². The number of rotatable bonds is 6. The minimum Gasteiger partial charge on any atom is -0.453 e. The standard InChI is InChI=1S/C13H16BrNOS/c1-2-15-11(12-7-8-13(14)16-12)6-5-10-4-3-9-17-10/h3-4,7-9,11,15H,2,5-6H2,1H3. The van der Waals surface area contributed by atoms with Crippen LogP contribution in [0, 0.1) is 0 Å². The third-order valence-electron chi connectivity index (χ3n) is 2.65. The van der Waals surface area contributed by atoms with Crippen LogP contribution in [0.2, 0.25) is 0 Å². The van der Waals surface area contributed by atoms with E-state index in [9.17, 15) is 0 Å². The van der Waals surface area contributed by atoms with E-state index in [1.807, 2.05) is 23.5 Å². The highest BCUT2D eigenvalue weighted by atomic mass is 79.9. The molecule has 0 aliphatic heterocycles. The summed E-state index contributed by atoms with van der Waals surface area (Å²) in [6.45, 7) is 3.07. The summed E-state index contributed by atoms with van der Waals surface area (Å²) >= 11 is 5.16. The Morgan fingerprint density at radius 2 is 2.29 bits per heavy atom. The molecule has 0 spiro atoms. The van der Waals surface area contributed by atoms with Crippen molar-refractivity contribution in [3.8, 4) is 0 Å². The lowest BCUT2D eigenvalue weighted by Crippen LogP contribution is -2.20. The van der Waals surface area contributed by atoms with Crippen molar-refractivity contribution in [3.63, 3.8) is 0 Å². The van der Waals surface area contributed by atoms with Crippen LogP contribution in [0.15, 0.2) is 38.7 Å². The van der Waals surface area contributed by atoms with Crippen molar-refractivity contribution in [1.82, 2.24) is 5.32 Å². The van der Waals surface area contributed by atoms with E-state index in [-0.39, 0.29) is 0 Å². The highest BCUT2D eigenvalue weighted by molar-refractivity contribution is 9.10. The first-order valence-corrected chi connectivity index (χ1v) is 7.48. The third kappa shape index (κ3) is 3.69. The van der Waals surface area contributed by atoms with Crippen molar-refractivity contribution in [2.45, 2.75) is 25.8 Å². The van der Waals surface area contributed by atoms with Gasteiger partial charge in [0.2, 0.25) is 0 Å². The largest absolute Gasteiger partial charge is 0.453 e. The van der Waals surface area contributed by atoms with Crippen LogP contribution in [0.4, 0.5) is 0 Å². The van der Waals surface area contributed by atoms with Gasteiger partial charge in [-0.15, -0.1) is 11.3 Å². The molecule has 2 nitrogen and oxygen atoms in total. The van der Waals surface area contributed by atoms with Gasteiger partial charge in [0.15, 0.2) is 4.67 Å². The molecule has 2 rings (SSSR count). The molecule has 17 heavy (non-hydrogen) atoms. The molecule has 2 aromatic rings. The van der Waals surface area contributed by atoms with Crippen LogP contribution in [-0.2, 0) is 6.42 Å². The maximum atomic E-state index is 5.63. The number of nitrogens with one attached hydrogen (secondary N) is 1. The van der Waals surface area contributed by atoms with Crippen LogP contribution in [0.25, 0.3) is 0 Å². The van der Waals surface area contributed by atoms with E-state index in [2.05, 4.69) is 45.7 Å². The normalized spacial score (nSPS) is 12.8. The second-order valence-electron chi connectivity index (χ2n) is 3.87. The quantitative estimate of drug-likeness (QED) is 0.855. The molecular formula is C13H16BrNOS. The lowest BCUT2D eigenvalue weighted by atomic mass is 10.1. The van der Waals surface area contributed by atoms with Crippen molar-refractivity contribution in [2.75, 3.05) is 6.54 Å². The molecule has 0 fully saturated rings. The van der Waals surface area contributed by atoms with Crippen LogP contribution in [0.1, 0.15) is 30.0 Å². The molecule has 1 atom stereocenters. The van der Waals surface area contributed by atoms with Crippen LogP contribution >= 0.6 is 27.3 Å². The summed E-state index contributed by atoms with van der Waals surface area (Å²) in [4.78, 5) is 1.43. The van der Waals surface area contributed by atoms with Gasteiger partial charge in [0, 0.05) is 4.88 Å². The van der Waals surface area contributed by atoms with E-state index in [0.717, 1.165) is 29.8 Å². The second-order valence-corrected chi connectivity index (χ2v) is 5.68. The minimum atomic E-state index is 0.299. The van der Waals surface area contributed by atoms with Crippen molar-refractivity contribution in [2.24, 2.45) is 0 Å². The van der Waals surface area contributed by atoms with Gasteiger partial charge in [-0.05, 0) is 58.9 Å². The molecule has 0 saturated carbocycles. The first-order valence-electron chi connectivity index (χ1n) is 5.80. The predicted octanol–water partition coefficient (Wildman–Crippen LogP) is 4.39. The van der Waals surface area contributed by atoms with Crippen LogP contribution in [0.3, 0.4) is 0 Å².